The van der Waals surface area contributed by atoms with Crippen LogP contribution in [0.25, 0.3) is 0 Å². The van der Waals surface area contributed by atoms with Gasteiger partial charge in [0.15, 0.2) is 0 Å². The van der Waals surface area contributed by atoms with Crippen molar-refractivity contribution in [2.24, 2.45) is 11.8 Å². The van der Waals surface area contributed by atoms with E-state index in [1.807, 2.05) is 0 Å². The average molecular weight is 152 g/mol. The van der Waals surface area contributed by atoms with Gasteiger partial charge in [0, 0.05) is 6.61 Å². The first-order valence-corrected chi connectivity index (χ1v) is 4.72. The molecule has 1 N–H and O–H groups in total. The van der Waals surface area contributed by atoms with Gasteiger partial charge in [0.1, 0.15) is 0 Å². The topological polar surface area (TPSA) is 20.2 Å². The molecule has 0 unspecified atom stereocenters. The lowest BCUT2D eigenvalue weighted by Gasteiger charge is -2.01. The molecule has 0 spiro atoms. The van der Waals surface area contributed by atoms with E-state index in [0.29, 0.717) is 6.61 Å². The van der Waals surface area contributed by atoms with Gasteiger partial charge in [-0.25, -0.2) is 0 Å². The SMILES string of the molecule is OCCC=C(C1CC1)C1CC1. The summed E-state index contributed by atoms with van der Waals surface area (Å²) in [5.41, 5.74) is 1.68. The predicted molar refractivity (Wildman–Crippen MR) is 45.2 cm³/mol. The molecule has 2 saturated carbocycles. The molecule has 0 saturated heterocycles. The normalized spacial score (nSPS) is 23.4. The minimum Gasteiger partial charge on any atom is -0.396 e. The van der Waals surface area contributed by atoms with Crippen molar-refractivity contribution in [3.05, 3.63) is 11.6 Å². The molecule has 0 heterocycles. The Morgan fingerprint density at radius 2 is 1.73 bits per heavy atom. The first kappa shape index (κ1) is 7.35. The van der Waals surface area contributed by atoms with Crippen LogP contribution in [0, 0.1) is 11.8 Å². The average Bonchev–Trinajstić information content (AvgIpc) is 2.85. The lowest BCUT2D eigenvalue weighted by molar-refractivity contribution is 0.302. The summed E-state index contributed by atoms with van der Waals surface area (Å²) in [6, 6.07) is 0. The molecule has 0 aromatic carbocycles. The molecule has 0 bridgehead atoms. The van der Waals surface area contributed by atoms with Crippen LogP contribution in [-0.2, 0) is 0 Å². The highest BCUT2D eigenvalue weighted by atomic mass is 16.2. The third kappa shape index (κ3) is 1.84. The van der Waals surface area contributed by atoms with E-state index in [4.69, 9.17) is 5.11 Å². The molecule has 0 aromatic rings. The fourth-order valence-electron chi connectivity index (χ4n) is 1.73. The molecule has 11 heavy (non-hydrogen) atoms. The molecule has 0 aromatic heterocycles. The Morgan fingerprint density at radius 3 is 2.09 bits per heavy atom. The number of aliphatic hydroxyl groups excluding tert-OH is 1. The molecule has 1 heteroatoms. The maximum absolute atomic E-state index is 8.67. The van der Waals surface area contributed by atoms with E-state index in [1.54, 1.807) is 5.57 Å². The van der Waals surface area contributed by atoms with Crippen molar-refractivity contribution in [3.63, 3.8) is 0 Å². The number of hydrogen-bond donors (Lipinski definition) is 1. The molecule has 2 aliphatic rings. The second-order valence-corrected chi connectivity index (χ2v) is 3.76. The zero-order valence-corrected chi connectivity index (χ0v) is 6.92. The van der Waals surface area contributed by atoms with E-state index in [0.717, 1.165) is 18.3 Å². The Bertz CT molecular complexity index is 150. The Kier molecular flexibility index (Phi) is 1.99. The molecule has 0 radical (unpaired) electrons. The highest BCUT2D eigenvalue weighted by Gasteiger charge is 2.35. The largest absolute Gasteiger partial charge is 0.396 e. The first-order valence-electron chi connectivity index (χ1n) is 4.72. The van der Waals surface area contributed by atoms with Crippen LogP contribution < -0.4 is 0 Å². The lowest BCUT2D eigenvalue weighted by atomic mass is 10.1. The summed E-state index contributed by atoms with van der Waals surface area (Å²) in [7, 11) is 0. The van der Waals surface area contributed by atoms with Crippen LogP contribution in [0.2, 0.25) is 0 Å². The summed E-state index contributed by atoms with van der Waals surface area (Å²) in [5, 5.41) is 8.67. The van der Waals surface area contributed by atoms with Crippen molar-refractivity contribution in [2.75, 3.05) is 6.61 Å². The molecule has 0 aliphatic heterocycles. The summed E-state index contributed by atoms with van der Waals surface area (Å²) < 4.78 is 0. The van der Waals surface area contributed by atoms with Crippen LogP contribution in [0.3, 0.4) is 0 Å². The van der Waals surface area contributed by atoms with Gasteiger partial charge in [-0.1, -0.05) is 11.6 Å². The monoisotopic (exact) mass is 152 g/mol. The van der Waals surface area contributed by atoms with E-state index in [9.17, 15) is 0 Å². The second-order valence-electron chi connectivity index (χ2n) is 3.76. The smallest absolute Gasteiger partial charge is 0.0465 e. The van der Waals surface area contributed by atoms with Crippen molar-refractivity contribution >= 4 is 0 Å². The maximum atomic E-state index is 8.67. The van der Waals surface area contributed by atoms with Gasteiger partial charge in [0.25, 0.3) is 0 Å². The predicted octanol–water partition coefficient (Wildman–Crippen LogP) is 2.12. The van der Waals surface area contributed by atoms with Crippen molar-refractivity contribution in [1.82, 2.24) is 0 Å². The van der Waals surface area contributed by atoms with Gasteiger partial charge < -0.3 is 5.11 Å². The Balaban J connectivity index is 1.90. The van der Waals surface area contributed by atoms with Crippen LogP contribution in [-0.4, -0.2) is 11.7 Å². The van der Waals surface area contributed by atoms with E-state index < -0.39 is 0 Å². The zero-order chi connectivity index (χ0) is 7.68. The summed E-state index contributed by atoms with van der Waals surface area (Å²) >= 11 is 0. The second kappa shape index (κ2) is 2.98. The highest BCUT2D eigenvalue weighted by molar-refractivity contribution is 5.20. The van der Waals surface area contributed by atoms with Crippen LogP contribution in [0.5, 0.6) is 0 Å². The Labute approximate surface area is 68.1 Å². The quantitative estimate of drug-likeness (QED) is 0.612. The van der Waals surface area contributed by atoms with Crippen molar-refractivity contribution in [3.8, 4) is 0 Å². The molecule has 2 rings (SSSR count). The fraction of sp³-hybridized carbons (Fsp3) is 0.800. The molecular formula is C10H16O. The minimum absolute atomic E-state index is 0.322. The van der Waals surface area contributed by atoms with E-state index >= 15 is 0 Å². The molecule has 2 aliphatic carbocycles. The Morgan fingerprint density at radius 1 is 1.18 bits per heavy atom. The van der Waals surface area contributed by atoms with Crippen molar-refractivity contribution < 1.29 is 5.11 Å². The molecule has 0 atom stereocenters. The van der Waals surface area contributed by atoms with E-state index in [1.165, 1.54) is 25.7 Å². The van der Waals surface area contributed by atoms with Gasteiger partial charge in [-0.05, 0) is 43.9 Å². The zero-order valence-electron chi connectivity index (χ0n) is 6.92. The molecule has 2 fully saturated rings. The maximum Gasteiger partial charge on any atom is 0.0465 e. The van der Waals surface area contributed by atoms with E-state index in [2.05, 4.69) is 6.08 Å². The van der Waals surface area contributed by atoms with Crippen LogP contribution in [0.1, 0.15) is 32.1 Å². The Hall–Kier alpha value is -0.300. The van der Waals surface area contributed by atoms with Crippen molar-refractivity contribution in [2.45, 2.75) is 32.1 Å². The minimum atomic E-state index is 0.322. The summed E-state index contributed by atoms with van der Waals surface area (Å²) in [6.45, 7) is 0.322. The van der Waals surface area contributed by atoms with Crippen LogP contribution in [0.15, 0.2) is 11.6 Å². The number of rotatable bonds is 4. The molecular weight excluding hydrogens is 136 g/mol. The summed E-state index contributed by atoms with van der Waals surface area (Å²) in [4.78, 5) is 0. The lowest BCUT2D eigenvalue weighted by Crippen LogP contribution is -1.90. The first-order chi connectivity index (χ1) is 5.42. The highest BCUT2D eigenvalue weighted by Crippen LogP contribution is 2.48. The number of aliphatic hydroxyl groups is 1. The summed E-state index contributed by atoms with van der Waals surface area (Å²) in [6.07, 6.45) is 8.81. The van der Waals surface area contributed by atoms with Gasteiger partial charge in [-0.15, -0.1) is 0 Å². The molecule has 0 amide bonds. The van der Waals surface area contributed by atoms with E-state index in [-0.39, 0.29) is 0 Å². The third-order valence-electron chi connectivity index (χ3n) is 2.61. The third-order valence-corrected chi connectivity index (χ3v) is 2.61. The van der Waals surface area contributed by atoms with Crippen LogP contribution >= 0.6 is 0 Å². The van der Waals surface area contributed by atoms with Gasteiger partial charge in [0.2, 0.25) is 0 Å². The summed E-state index contributed by atoms with van der Waals surface area (Å²) in [5.74, 6) is 1.85. The van der Waals surface area contributed by atoms with Gasteiger partial charge in [-0.3, -0.25) is 0 Å². The van der Waals surface area contributed by atoms with Crippen LogP contribution in [0.4, 0.5) is 0 Å². The van der Waals surface area contributed by atoms with Crippen molar-refractivity contribution in [1.29, 1.82) is 0 Å². The van der Waals surface area contributed by atoms with Gasteiger partial charge in [0.05, 0.1) is 0 Å². The molecule has 62 valence electrons. The van der Waals surface area contributed by atoms with Gasteiger partial charge >= 0.3 is 0 Å². The van der Waals surface area contributed by atoms with Gasteiger partial charge in [-0.2, -0.15) is 0 Å². The fourth-order valence-corrected chi connectivity index (χ4v) is 1.73. The standard InChI is InChI=1S/C10H16O/c11-7-1-2-10(8-3-4-8)9-5-6-9/h2,8-9,11H,1,3-7H2. The molecule has 1 nitrogen and oxygen atoms in total. The number of hydrogen-bond acceptors (Lipinski definition) is 1. The number of allylic oxidation sites excluding steroid dienone is 1.